The fourth-order valence-corrected chi connectivity index (χ4v) is 3.07. The lowest BCUT2D eigenvalue weighted by Crippen LogP contribution is -2.10. The highest BCUT2D eigenvalue weighted by Crippen LogP contribution is 2.35. The number of nitrogens with zero attached hydrogens (tertiary/aromatic N) is 3. The van der Waals surface area contributed by atoms with Crippen LogP contribution in [-0.4, -0.2) is 41.2 Å². The summed E-state index contributed by atoms with van der Waals surface area (Å²) in [6.07, 6.45) is 0. The van der Waals surface area contributed by atoms with Gasteiger partial charge in [-0.15, -0.1) is 10.2 Å². The van der Waals surface area contributed by atoms with Crippen LogP contribution in [0.4, 0.5) is 10.8 Å². The highest BCUT2D eigenvalue weighted by molar-refractivity contribution is 8.01. The van der Waals surface area contributed by atoms with E-state index in [0.717, 1.165) is 23.2 Å². The van der Waals surface area contributed by atoms with Gasteiger partial charge >= 0.3 is 5.97 Å². The van der Waals surface area contributed by atoms with Crippen LogP contribution in [0.25, 0.3) is 0 Å². The molecule has 0 aliphatic rings. The predicted molar refractivity (Wildman–Crippen MR) is 79.3 cm³/mol. The number of carboxylic acids is 1. The smallest absolute Gasteiger partial charge is 0.313 e. The van der Waals surface area contributed by atoms with Gasteiger partial charge in [0, 0.05) is 7.05 Å². The molecule has 8 heteroatoms. The summed E-state index contributed by atoms with van der Waals surface area (Å²) >= 11 is 2.50. The Balaban J connectivity index is 2.16. The molecular weight excluding hydrogens is 298 g/mol. The molecule has 0 radical (unpaired) electrons. The Morgan fingerprint density at radius 3 is 2.90 bits per heavy atom. The molecular formula is C12H13N3O3S2. The standard InChI is InChI=1S/C12H13N3O3S2/c1-15(8-5-3-4-6-9(8)18-2)11-13-14-12(20-11)19-7-10(16)17/h3-6H,7H2,1-2H3,(H,16,17). The first-order valence-corrected chi connectivity index (χ1v) is 7.47. The number of carboxylic acid groups (broad SMARTS) is 1. The highest BCUT2D eigenvalue weighted by Gasteiger charge is 2.14. The maximum Gasteiger partial charge on any atom is 0.313 e. The monoisotopic (exact) mass is 311 g/mol. The zero-order chi connectivity index (χ0) is 14.5. The Morgan fingerprint density at radius 1 is 1.45 bits per heavy atom. The van der Waals surface area contributed by atoms with Crippen LogP contribution < -0.4 is 9.64 Å². The van der Waals surface area contributed by atoms with E-state index in [1.54, 1.807) is 7.11 Å². The van der Waals surface area contributed by atoms with Gasteiger partial charge in [0.05, 0.1) is 18.6 Å². The zero-order valence-electron chi connectivity index (χ0n) is 10.9. The lowest BCUT2D eigenvalue weighted by atomic mass is 10.3. The second-order valence-electron chi connectivity index (χ2n) is 3.76. The van der Waals surface area contributed by atoms with Crippen LogP contribution in [-0.2, 0) is 4.79 Å². The van der Waals surface area contributed by atoms with Crippen LogP contribution in [0.15, 0.2) is 28.6 Å². The quantitative estimate of drug-likeness (QED) is 0.821. The highest BCUT2D eigenvalue weighted by atomic mass is 32.2. The summed E-state index contributed by atoms with van der Waals surface area (Å²) in [5.41, 5.74) is 0.876. The molecule has 1 aromatic carbocycles. The van der Waals surface area contributed by atoms with Crippen molar-refractivity contribution in [1.82, 2.24) is 10.2 Å². The number of rotatable bonds is 6. The molecule has 0 saturated heterocycles. The van der Waals surface area contributed by atoms with E-state index in [2.05, 4.69) is 10.2 Å². The fourth-order valence-electron chi connectivity index (χ4n) is 1.53. The number of hydrogen-bond acceptors (Lipinski definition) is 7. The van der Waals surface area contributed by atoms with Crippen molar-refractivity contribution in [2.24, 2.45) is 0 Å². The molecule has 0 atom stereocenters. The fraction of sp³-hybridized carbons (Fsp3) is 0.250. The van der Waals surface area contributed by atoms with E-state index < -0.39 is 5.97 Å². The maximum atomic E-state index is 10.5. The van der Waals surface area contributed by atoms with Crippen molar-refractivity contribution in [2.45, 2.75) is 4.34 Å². The van der Waals surface area contributed by atoms with E-state index in [-0.39, 0.29) is 5.75 Å². The molecule has 2 aromatic rings. The van der Waals surface area contributed by atoms with Gasteiger partial charge in [-0.25, -0.2) is 0 Å². The molecule has 1 heterocycles. The van der Waals surface area contributed by atoms with Gasteiger partial charge in [0.15, 0.2) is 4.34 Å². The lowest BCUT2D eigenvalue weighted by molar-refractivity contribution is -0.133. The van der Waals surface area contributed by atoms with Crippen molar-refractivity contribution in [3.63, 3.8) is 0 Å². The van der Waals surface area contributed by atoms with Gasteiger partial charge < -0.3 is 14.7 Å². The topological polar surface area (TPSA) is 75.5 Å². The molecule has 0 saturated carbocycles. The maximum absolute atomic E-state index is 10.5. The van der Waals surface area contributed by atoms with E-state index >= 15 is 0 Å². The molecule has 0 aliphatic carbocycles. The van der Waals surface area contributed by atoms with E-state index in [1.807, 2.05) is 36.2 Å². The lowest BCUT2D eigenvalue weighted by Gasteiger charge is -2.17. The van der Waals surface area contributed by atoms with Crippen LogP contribution >= 0.6 is 23.1 Å². The van der Waals surface area contributed by atoms with Gasteiger partial charge in [-0.05, 0) is 12.1 Å². The Bertz CT molecular complexity index is 603. The van der Waals surface area contributed by atoms with Crippen LogP contribution in [0, 0.1) is 0 Å². The Labute approximate surface area is 124 Å². The number of aromatic nitrogens is 2. The molecule has 0 amide bonds. The van der Waals surface area contributed by atoms with E-state index in [1.165, 1.54) is 11.3 Å². The van der Waals surface area contributed by atoms with Crippen LogP contribution in [0.5, 0.6) is 5.75 Å². The molecule has 0 aliphatic heterocycles. The number of ether oxygens (including phenoxy) is 1. The van der Waals surface area contributed by atoms with Crippen molar-refractivity contribution >= 4 is 39.9 Å². The number of anilines is 2. The summed E-state index contributed by atoms with van der Waals surface area (Å²) in [7, 11) is 3.48. The Kier molecular flexibility index (Phi) is 4.80. The number of methoxy groups -OCH3 is 1. The van der Waals surface area contributed by atoms with Crippen molar-refractivity contribution in [3.8, 4) is 5.75 Å². The van der Waals surface area contributed by atoms with E-state index in [0.29, 0.717) is 9.47 Å². The number of benzene rings is 1. The molecule has 0 unspecified atom stereocenters. The van der Waals surface area contributed by atoms with Crippen molar-refractivity contribution in [2.75, 3.05) is 24.8 Å². The molecule has 2 rings (SSSR count). The number of para-hydroxylation sites is 2. The molecule has 1 N–H and O–H groups in total. The SMILES string of the molecule is COc1ccccc1N(C)c1nnc(SCC(=O)O)s1. The normalized spacial score (nSPS) is 10.3. The Hall–Kier alpha value is -1.80. The number of carbonyl (C=O) groups is 1. The summed E-state index contributed by atoms with van der Waals surface area (Å²) in [6, 6.07) is 7.59. The number of thioether (sulfide) groups is 1. The second-order valence-corrected chi connectivity index (χ2v) is 5.94. The Morgan fingerprint density at radius 2 is 2.20 bits per heavy atom. The molecule has 0 fully saturated rings. The minimum Gasteiger partial charge on any atom is -0.495 e. The summed E-state index contributed by atoms with van der Waals surface area (Å²) < 4.78 is 5.93. The third kappa shape index (κ3) is 3.40. The first-order chi connectivity index (χ1) is 9.61. The second kappa shape index (κ2) is 6.58. The average Bonchev–Trinajstić information content (AvgIpc) is 2.93. The summed E-state index contributed by atoms with van der Waals surface area (Å²) in [5.74, 6) is -0.151. The van der Waals surface area contributed by atoms with Gasteiger partial charge in [0.2, 0.25) is 5.13 Å². The molecule has 6 nitrogen and oxygen atoms in total. The van der Waals surface area contributed by atoms with Gasteiger partial charge in [0.1, 0.15) is 5.75 Å². The molecule has 0 bridgehead atoms. The largest absolute Gasteiger partial charge is 0.495 e. The van der Waals surface area contributed by atoms with Crippen LogP contribution in [0.3, 0.4) is 0 Å². The number of hydrogen-bond donors (Lipinski definition) is 1. The molecule has 106 valence electrons. The third-order valence-electron chi connectivity index (χ3n) is 2.45. The van der Waals surface area contributed by atoms with Crippen LogP contribution in [0.2, 0.25) is 0 Å². The summed E-state index contributed by atoms with van der Waals surface area (Å²) in [5, 5.41) is 17.4. The molecule has 1 aromatic heterocycles. The van der Waals surface area contributed by atoms with E-state index in [4.69, 9.17) is 9.84 Å². The van der Waals surface area contributed by atoms with Gasteiger partial charge in [0.25, 0.3) is 0 Å². The van der Waals surface area contributed by atoms with E-state index in [9.17, 15) is 4.79 Å². The van der Waals surface area contributed by atoms with Gasteiger partial charge in [-0.2, -0.15) is 0 Å². The van der Waals surface area contributed by atoms with Crippen LogP contribution in [0.1, 0.15) is 0 Å². The zero-order valence-corrected chi connectivity index (χ0v) is 12.6. The molecule has 0 spiro atoms. The van der Waals surface area contributed by atoms with Gasteiger partial charge in [-0.3, -0.25) is 4.79 Å². The van der Waals surface area contributed by atoms with Gasteiger partial charge in [-0.1, -0.05) is 35.2 Å². The average molecular weight is 311 g/mol. The predicted octanol–water partition coefficient (Wildman–Crippen LogP) is 2.49. The van der Waals surface area contributed by atoms with Crippen molar-refractivity contribution < 1.29 is 14.6 Å². The third-order valence-corrected chi connectivity index (χ3v) is 4.57. The summed E-state index contributed by atoms with van der Waals surface area (Å²) in [6.45, 7) is 0. The van der Waals surface area contributed by atoms with Crippen molar-refractivity contribution in [1.29, 1.82) is 0 Å². The first kappa shape index (κ1) is 14.6. The number of aliphatic carboxylic acids is 1. The minimum atomic E-state index is -0.871. The first-order valence-electron chi connectivity index (χ1n) is 5.66. The minimum absolute atomic E-state index is 0.0208. The van der Waals surface area contributed by atoms with Crippen molar-refractivity contribution in [3.05, 3.63) is 24.3 Å². The summed E-state index contributed by atoms with van der Waals surface area (Å²) in [4.78, 5) is 12.4. The molecule has 20 heavy (non-hydrogen) atoms.